The summed E-state index contributed by atoms with van der Waals surface area (Å²) in [7, 11) is 0. The van der Waals surface area contributed by atoms with E-state index in [9.17, 15) is 9.59 Å². The summed E-state index contributed by atoms with van der Waals surface area (Å²) >= 11 is 0. The number of carbonyl (C=O) groups excluding carboxylic acids is 1. The molecule has 4 rings (SSSR count). The molecule has 0 radical (unpaired) electrons. The Morgan fingerprint density at radius 3 is 2.32 bits per heavy atom. The number of aliphatic carboxylic acids is 1. The fourth-order valence-corrected chi connectivity index (χ4v) is 3.60. The van der Waals surface area contributed by atoms with Gasteiger partial charge in [-0.3, -0.25) is 14.8 Å². The number of aromatic nitrogens is 2. The van der Waals surface area contributed by atoms with Crippen LogP contribution in [0.1, 0.15) is 22.7 Å². The van der Waals surface area contributed by atoms with Gasteiger partial charge in [-0.1, -0.05) is 48.5 Å². The number of fused-ring (bicyclic) bond motifs is 3. The van der Waals surface area contributed by atoms with Crippen LogP contribution in [0.2, 0.25) is 0 Å². The fourth-order valence-electron chi connectivity index (χ4n) is 3.60. The Morgan fingerprint density at radius 2 is 1.71 bits per heavy atom. The van der Waals surface area contributed by atoms with E-state index in [1.807, 2.05) is 24.3 Å². The maximum Gasteiger partial charge on any atom is 0.411 e. The van der Waals surface area contributed by atoms with Crippen LogP contribution in [-0.4, -0.2) is 33.6 Å². The summed E-state index contributed by atoms with van der Waals surface area (Å²) in [6, 6.07) is 16.2. The van der Waals surface area contributed by atoms with Gasteiger partial charge in [0.2, 0.25) is 0 Å². The number of aryl methyl sites for hydroxylation is 1. The number of ether oxygens (including phenoxy) is 1. The van der Waals surface area contributed by atoms with E-state index in [2.05, 4.69) is 34.7 Å². The molecular weight excluding hydrogens is 358 g/mol. The minimum atomic E-state index is -1.00. The van der Waals surface area contributed by atoms with Crippen molar-refractivity contribution in [3.05, 3.63) is 71.5 Å². The predicted molar refractivity (Wildman–Crippen MR) is 103 cm³/mol. The number of anilines is 1. The molecule has 0 unspecified atom stereocenters. The summed E-state index contributed by atoms with van der Waals surface area (Å²) in [6.45, 7) is 1.63. The van der Waals surface area contributed by atoms with Crippen LogP contribution in [0.4, 0.5) is 10.5 Å². The molecule has 0 saturated heterocycles. The van der Waals surface area contributed by atoms with E-state index < -0.39 is 12.1 Å². The second kappa shape index (κ2) is 7.19. The highest BCUT2D eigenvalue weighted by Crippen LogP contribution is 2.44. The van der Waals surface area contributed by atoms with Crippen LogP contribution in [0, 0.1) is 6.92 Å². The predicted octanol–water partition coefficient (Wildman–Crippen LogP) is 3.64. The van der Waals surface area contributed by atoms with Crippen LogP contribution in [0.3, 0.4) is 0 Å². The van der Waals surface area contributed by atoms with Gasteiger partial charge in [-0.25, -0.2) is 4.79 Å². The first-order chi connectivity index (χ1) is 13.5. The molecule has 0 fully saturated rings. The summed E-state index contributed by atoms with van der Waals surface area (Å²) in [5.41, 5.74) is 5.56. The highest BCUT2D eigenvalue weighted by atomic mass is 16.5. The quantitative estimate of drug-likeness (QED) is 0.708. The van der Waals surface area contributed by atoms with Crippen molar-refractivity contribution < 1.29 is 19.4 Å². The minimum absolute atomic E-state index is 0.0195. The molecule has 7 nitrogen and oxygen atoms in total. The van der Waals surface area contributed by atoms with Gasteiger partial charge in [0.1, 0.15) is 13.2 Å². The molecule has 2 aromatic carbocycles. The maximum atomic E-state index is 12.3. The van der Waals surface area contributed by atoms with Gasteiger partial charge in [-0.05, 0) is 29.2 Å². The van der Waals surface area contributed by atoms with E-state index in [1.165, 1.54) is 10.9 Å². The normalized spacial score (nSPS) is 12.3. The SMILES string of the molecule is Cc1nn(CC(=O)O)cc1NC(=O)OCC1c2ccccc2-c2ccccc21. The lowest BCUT2D eigenvalue weighted by Gasteiger charge is -2.14. The molecule has 3 aromatic rings. The zero-order chi connectivity index (χ0) is 19.7. The molecule has 0 atom stereocenters. The van der Waals surface area contributed by atoms with Gasteiger partial charge in [0.05, 0.1) is 11.4 Å². The molecule has 7 heteroatoms. The molecule has 0 saturated carbocycles. The summed E-state index contributed by atoms with van der Waals surface area (Å²) in [6.07, 6.45) is 0.880. The molecule has 1 aliphatic carbocycles. The van der Waals surface area contributed by atoms with Gasteiger partial charge < -0.3 is 9.84 Å². The first-order valence-electron chi connectivity index (χ1n) is 8.91. The van der Waals surface area contributed by atoms with Gasteiger partial charge in [0, 0.05) is 12.1 Å². The molecule has 2 N–H and O–H groups in total. The molecule has 1 amide bonds. The zero-order valence-corrected chi connectivity index (χ0v) is 15.3. The molecule has 142 valence electrons. The lowest BCUT2D eigenvalue weighted by molar-refractivity contribution is -0.137. The van der Waals surface area contributed by atoms with E-state index >= 15 is 0 Å². The Kier molecular flexibility index (Phi) is 4.57. The molecule has 1 aliphatic rings. The zero-order valence-electron chi connectivity index (χ0n) is 15.3. The maximum absolute atomic E-state index is 12.3. The van der Waals surface area contributed by atoms with Crippen molar-refractivity contribution in [2.75, 3.05) is 11.9 Å². The van der Waals surface area contributed by atoms with Crippen LogP contribution in [0.15, 0.2) is 54.7 Å². The van der Waals surface area contributed by atoms with Crippen LogP contribution >= 0.6 is 0 Å². The lowest BCUT2D eigenvalue weighted by Crippen LogP contribution is -2.18. The van der Waals surface area contributed by atoms with Crippen molar-refractivity contribution in [1.29, 1.82) is 0 Å². The van der Waals surface area contributed by atoms with E-state index in [4.69, 9.17) is 9.84 Å². The average molecular weight is 377 g/mol. The summed E-state index contributed by atoms with van der Waals surface area (Å²) in [5.74, 6) is -1.02. The lowest BCUT2D eigenvalue weighted by atomic mass is 9.98. The first kappa shape index (κ1) is 17.8. The third kappa shape index (κ3) is 3.34. The Morgan fingerprint density at radius 1 is 1.11 bits per heavy atom. The van der Waals surface area contributed by atoms with E-state index in [-0.39, 0.29) is 19.1 Å². The van der Waals surface area contributed by atoms with Crippen molar-refractivity contribution in [3.63, 3.8) is 0 Å². The van der Waals surface area contributed by atoms with Crippen molar-refractivity contribution in [2.45, 2.75) is 19.4 Å². The summed E-state index contributed by atoms with van der Waals surface area (Å²) in [5, 5.41) is 15.5. The monoisotopic (exact) mass is 377 g/mol. The number of nitrogens with zero attached hydrogens (tertiary/aromatic N) is 2. The molecule has 28 heavy (non-hydrogen) atoms. The van der Waals surface area contributed by atoms with Gasteiger partial charge in [0.25, 0.3) is 0 Å². The number of amides is 1. The van der Waals surface area contributed by atoms with Crippen LogP contribution in [0.5, 0.6) is 0 Å². The van der Waals surface area contributed by atoms with Gasteiger partial charge in [-0.2, -0.15) is 5.10 Å². The second-order valence-electron chi connectivity index (χ2n) is 6.67. The Hall–Kier alpha value is -3.61. The Labute approximate surface area is 161 Å². The number of nitrogens with one attached hydrogen (secondary N) is 1. The van der Waals surface area contributed by atoms with Crippen molar-refractivity contribution in [3.8, 4) is 11.1 Å². The van der Waals surface area contributed by atoms with E-state index in [0.29, 0.717) is 11.4 Å². The third-order valence-electron chi connectivity index (χ3n) is 4.82. The number of benzene rings is 2. The molecule has 0 bridgehead atoms. The van der Waals surface area contributed by atoms with Crippen LogP contribution < -0.4 is 5.32 Å². The van der Waals surface area contributed by atoms with Crippen molar-refractivity contribution in [1.82, 2.24) is 9.78 Å². The number of rotatable bonds is 5. The second-order valence-corrected chi connectivity index (χ2v) is 6.67. The Balaban J connectivity index is 1.46. The Bertz CT molecular complexity index is 1010. The molecular formula is C21H19N3O4. The third-order valence-corrected chi connectivity index (χ3v) is 4.82. The van der Waals surface area contributed by atoms with Crippen molar-refractivity contribution in [2.24, 2.45) is 0 Å². The number of carboxylic acids is 1. The number of hydrogen-bond donors (Lipinski definition) is 2. The highest BCUT2D eigenvalue weighted by molar-refractivity contribution is 5.85. The smallest absolute Gasteiger partial charge is 0.411 e. The molecule has 1 heterocycles. The number of carboxylic acid groups (broad SMARTS) is 1. The topological polar surface area (TPSA) is 93.5 Å². The van der Waals surface area contributed by atoms with Crippen molar-refractivity contribution >= 4 is 17.7 Å². The number of hydrogen-bond acceptors (Lipinski definition) is 4. The molecule has 0 aliphatic heterocycles. The van der Waals surface area contributed by atoms with Gasteiger partial charge in [0.15, 0.2) is 0 Å². The largest absolute Gasteiger partial charge is 0.480 e. The minimum Gasteiger partial charge on any atom is -0.480 e. The van der Waals surface area contributed by atoms with Gasteiger partial charge >= 0.3 is 12.1 Å². The fraction of sp³-hybridized carbons (Fsp3) is 0.190. The summed E-state index contributed by atoms with van der Waals surface area (Å²) in [4.78, 5) is 23.1. The van der Waals surface area contributed by atoms with E-state index in [1.54, 1.807) is 6.92 Å². The molecule has 1 aromatic heterocycles. The summed E-state index contributed by atoms with van der Waals surface area (Å²) < 4.78 is 6.75. The van der Waals surface area contributed by atoms with E-state index in [0.717, 1.165) is 22.3 Å². The standard InChI is InChI=1S/C21H19N3O4/c1-13-19(10-24(23-13)11-20(25)26)22-21(27)28-12-18-16-8-4-2-6-14(16)15-7-3-5-9-17(15)18/h2-10,18H,11-12H2,1H3,(H,22,27)(H,25,26). The number of carbonyl (C=O) groups is 2. The first-order valence-corrected chi connectivity index (χ1v) is 8.91. The van der Waals surface area contributed by atoms with Crippen LogP contribution in [0.25, 0.3) is 11.1 Å². The highest BCUT2D eigenvalue weighted by Gasteiger charge is 2.29. The molecule has 0 spiro atoms. The van der Waals surface area contributed by atoms with Gasteiger partial charge in [-0.15, -0.1) is 0 Å². The average Bonchev–Trinajstić information content (AvgIpc) is 3.17. The van der Waals surface area contributed by atoms with Crippen LogP contribution in [-0.2, 0) is 16.1 Å².